The first-order valence-corrected chi connectivity index (χ1v) is 11.3. The lowest BCUT2D eigenvalue weighted by atomic mass is 10.1. The van der Waals surface area contributed by atoms with Crippen molar-refractivity contribution in [3.63, 3.8) is 0 Å². The van der Waals surface area contributed by atoms with Gasteiger partial charge in [-0.15, -0.1) is 0 Å². The Labute approximate surface area is 198 Å². The lowest BCUT2D eigenvalue weighted by Gasteiger charge is -2.25. The summed E-state index contributed by atoms with van der Waals surface area (Å²) in [6.07, 6.45) is 3.01. The highest BCUT2D eigenvalue weighted by Gasteiger charge is 2.36. The second-order valence-electron chi connectivity index (χ2n) is 8.14. The number of barbiturate groups is 1. The second kappa shape index (κ2) is 9.43. The molecule has 0 spiro atoms. The van der Waals surface area contributed by atoms with Crippen molar-refractivity contribution < 1.29 is 18.8 Å². The van der Waals surface area contributed by atoms with Crippen molar-refractivity contribution in [2.24, 2.45) is 0 Å². The van der Waals surface area contributed by atoms with Crippen molar-refractivity contribution in [3.8, 4) is 5.69 Å². The molecule has 0 radical (unpaired) electrons. The van der Waals surface area contributed by atoms with Crippen LogP contribution < -0.4 is 10.2 Å². The zero-order valence-corrected chi connectivity index (χ0v) is 19.8. The molecule has 0 saturated carbocycles. The molecule has 3 aromatic rings. The van der Waals surface area contributed by atoms with E-state index in [4.69, 9.17) is 4.42 Å². The summed E-state index contributed by atoms with van der Waals surface area (Å²) in [5, 5.41) is 2.25. The molecule has 1 aliphatic rings. The Hall–Kier alpha value is -4.07. The van der Waals surface area contributed by atoms with Gasteiger partial charge in [0.1, 0.15) is 11.3 Å². The third-order valence-electron chi connectivity index (χ3n) is 6.09. The Morgan fingerprint density at radius 1 is 1.03 bits per heavy atom. The van der Waals surface area contributed by atoms with Crippen LogP contribution in [0.25, 0.3) is 11.8 Å². The molecule has 0 atom stereocenters. The van der Waals surface area contributed by atoms with Gasteiger partial charge in [-0.2, -0.15) is 0 Å². The molecular weight excluding hydrogens is 432 g/mol. The van der Waals surface area contributed by atoms with Gasteiger partial charge in [0.25, 0.3) is 11.8 Å². The summed E-state index contributed by atoms with van der Waals surface area (Å²) in [5.41, 5.74) is 4.64. The van der Waals surface area contributed by atoms with Crippen LogP contribution in [-0.2, 0) is 16.1 Å². The van der Waals surface area contributed by atoms with Gasteiger partial charge in [-0.1, -0.05) is 0 Å². The van der Waals surface area contributed by atoms with Crippen LogP contribution in [-0.4, -0.2) is 40.4 Å². The topological polar surface area (TPSA) is 87.8 Å². The van der Waals surface area contributed by atoms with Crippen molar-refractivity contribution in [2.75, 3.05) is 18.0 Å². The average Bonchev–Trinajstić information content (AvgIpc) is 3.43. The quantitative estimate of drug-likeness (QED) is 0.422. The molecule has 1 N–H and O–H groups in total. The first kappa shape index (κ1) is 23.1. The van der Waals surface area contributed by atoms with E-state index in [0.29, 0.717) is 5.76 Å². The molecule has 1 saturated heterocycles. The van der Waals surface area contributed by atoms with E-state index in [-0.39, 0.29) is 12.1 Å². The summed E-state index contributed by atoms with van der Waals surface area (Å²) in [4.78, 5) is 41.1. The first-order valence-electron chi connectivity index (χ1n) is 11.3. The zero-order valence-electron chi connectivity index (χ0n) is 19.8. The number of rotatable bonds is 7. The molecule has 1 aromatic carbocycles. The molecule has 0 unspecified atom stereocenters. The second-order valence-corrected chi connectivity index (χ2v) is 8.14. The number of hydrogen-bond donors (Lipinski definition) is 1. The number of anilines is 1. The molecular formula is C26H28N4O4. The normalized spacial score (nSPS) is 15.2. The number of aromatic nitrogens is 1. The first-order chi connectivity index (χ1) is 16.3. The van der Waals surface area contributed by atoms with Crippen LogP contribution in [0.4, 0.5) is 10.5 Å². The largest absolute Gasteiger partial charge is 0.467 e. The van der Waals surface area contributed by atoms with Crippen molar-refractivity contribution in [2.45, 2.75) is 34.2 Å². The van der Waals surface area contributed by atoms with Crippen LogP contribution in [0, 0.1) is 13.8 Å². The molecule has 0 aliphatic carbocycles. The summed E-state index contributed by atoms with van der Waals surface area (Å²) in [5.74, 6) is -0.916. The highest BCUT2D eigenvalue weighted by molar-refractivity contribution is 6.31. The summed E-state index contributed by atoms with van der Waals surface area (Å²) in [6, 6.07) is 12.8. The Morgan fingerprint density at radius 2 is 1.74 bits per heavy atom. The predicted octanol–water partition coefficient (Wildman–Crippen LogP) is 4.20. The Morgan fingerprint density at radius 3 is 2.35 bits per heavy atom. The van der Waals surface area contributed by atoms with E-state index >= 15 is 0 Å². The van der Waals surface area contributed by atoms with Gasteiger partial charge >= 0.3 is 6.03 Å². The molecule has 1 aliphatic heterocycles. The zero-order chi connectivity index (χ0) is 24.4. The maximum absolute atomic E-state index is 13.0. The minimum Gasteiger partial charge on any atom is -0.467 e. The molecule has 4 amide bonds. The fourth-order valence-corrected chi connectivity index (χ4v) is 4.28. The maximum atomic E-state index is 13.0. The summed E-state index contributed by atoms with van der Waals surface area (Å²) >= 11 is 0. The van der Waals surface area contributed by atoms with Gasteiger partial charge in [0.15, 0.2) is 0 Å². The Bertz CT molecular complexity index is 1250. The monoisotopic (exact) mass is 460 g/mol. The maximum Gasteiger partial charge on any atom is 0.331 e. The Kier molecular flexibility index (Phi) is 6.40. The molecule has 0 bridgehead atoms. The lowest BCUT2D eigenvalue weighted by Crippen LogP contribution is -2.53. The number of aryl methyl sites for hydroxylation is 1. The van der Waals surface area contributed by atoms with Gasteiger partial charge < -0.3 is 13.9 Å². The van der Waals surface area contributed by atoms with Gasteiger partial charge in [-0.25, -0.2) is 4.79 Å². The van der Waals surface area contributed by atoms with Gasteiger partial charge in [-0.3, -0.25) is 19.8 Å². The third-order valence-corrected chi connectivity index (χ3v) is 6.09. The van der Waals surface area contributed by atoms with Crippen LogP contribution in [0.3, 0.4) is 0 Å². The van der Waals surface area contributed by atoms with E-state index in [1.165, 1.54) is 6.26 Å². The number of benzene rings is 1. The molecule has 4 rings (SSSR count). The molecule has 34 heavy (non-hydrogen) atoms. The van der Waals surface area contributed by atoms with Crippen LogP contribution in [0.1, 0.15) is 36.6 Å². The standard InChI is InChI=1S/C26H28N4O4/c1-5-28(6-2)20-9-11-21(12-10-20)30-17(3)14-19(18(30)4)15-23-24(31)27-26(33)29(25(23)32)16-22-8-7-13-34-22/h7-15H,5-6,16H2,1-4H3,(H,27,31,33). The molecule has 2 aromatic heterocycles. The van der Waals surface area contributed by atoms with E-state index in [1.54, 1.807) is 18.2 Å². The number of nitrogens with one attached hydrogen (secondary N) is 1. The predicted molar refractivity (Wildman–Crippen MR) is 130 cm³/mol. The number of urea groups is 1. The van der Waals surface area contributed by atoms with E-state index in [1.807, 2.05) is 19.9 Å². The van der Waals surface area contributed by atoms with Gasteiger partial charge in [0, 0.05) is 35.9 Å². The number of furan rings is 1. The fraction of sp³-hybridized carbons (Fsp3) is 0.269. The van der Waals surface area contributed by atoms with Crippen LogP contribution in [0.5, 0.6) is 0 Å². The van der Waals surface area contributed by atoms with Crippen LogP contribution in [0.15, 0.2) is 58.7 Å². The SMILES string of the molecule is CCN(CC)c1ccc(-n2c(C)cc(C=C3C(=O)NC(=O)N(Cc4ccco4)C3=O)c2C)cc1. The molecule has 8 heteroatoms. The third kappa shape index (κ3) is 4.26. The number of hydrogen-bond acceptors (Lipinski definition) is 5. The van der Waals surface area contributed by atoms with Crippen LogP contribution in [0.2, 0.25) is 0 Å². The van der Waals surface area contributed by atoms with E-state index < -0.39 is 17.8 Å². The number of nitrogens with zero attached hydrogens (tertiary/aromatic N) is 3. The average molecular weight is 461 g/mol. The highest BCUT2D eigenvalue weighted by atomic mass is 16.3. The van der Waals surface area contributed by atoms with E-state index in [0.717, 1.165) is 46.3 Å². The minimum atomic E-state index is -0.762. The van der Waals surface area contributed by atoms with Crippen molar-refractivity contribution >= 4 is 29.6 Å². The molecule has 1 fully saturated rings. The van der Waals surface area contributed by atoms with E-state index in [9.17, 15) is 14.4 Å². The number of amides is 4. The summed E-state index contributed by atoms with van der Waals surface area (Å²) in [7, 11) is 0. The van der Waals surface area contributed by atoms with Crippen LogP contribution >= 0.6 is 0 Å². The molecule has 3 heterocycles. The van der Waals surface area contributed by atoms with Crippen molar-refractivity contribution in [1.82, 2.24) is 14.8 Å². The Balaban J connectivity index is 1.65. The van der Waals surface area contributed by atoms with Gasteiger partial charge in [-0.05, 0) is 81.8 Å². The fourth-order valence-electron chi connectivity index (χ4n) is 4.28. The molecule has 8 nitrogen and oxygen atoms in total. The lowest BCUT2D eigenvalue weighted by molar-refractivity contribution is -0.130. The summed E-state index contributed by atoms with van der Waals surface area (Å²) in [6.45, 7) is 9.99. The minimum absolute atomic E-state index is 0.0554. The van der Waals surface area contributed by atoms with Crippen molar-refractivity contribution in [3.05, 3.63) is 77.0 Å². The smallest absolute Gasteiger partial charge is 0.331 e. The molecule has 176 valence electrons. The van der Waals surface area contributed by atoms with Gasteiger partial charge in [0.05, 0.1) is 12.8 Å². The number of carbonyl (C=O) groups is 3. The number of carbonyl (C=O) groups excluding carboxylic acids is 3. The van der Waals surface area contributed by atoms with Crippen molar-refractivity contribution in [1.29, 1.82) is 0 Å². The van der Waals surface area contributed by atoms with Gasteiger partial charge in [0.2, 0.25) is 0 Å². The highest BCUT2D eigenvalue weighted by Crippen LogP contribution is 2.26. The summed E-state index contributed by atoms with van der Waals surface area (Å²) < 4.78 is 7.33. The van der Waals surface area contributed by atoms with E-state index in [2.05, 4.69) is 52.9 Å². The number of imide groups is 2.